The Morgan fingerprint density at radius 2 is 2.20 bits per heavy atom. The average molecular weight is 361 g/mol. The van der Waals surface area contributed by atoms with E-state index >= 15 is 0 Å². The molecule has 0 aliphatic carbocycles. The standard InChI is InChI=1S/C17H19N3O4S/c1-2-3-6-20-16(22)12(15(21)19-17(20)25)9-18-8-11-4-5-13-14(7-11)24-10-23-13/h4-5,7,9,22H,2-3,6,8,10H2,1H3,(H,19,21,25). The van der Waals surface area contributed by atoms with Crippen molar-refractivity contribution in [3.05, 3.63) is 44.5 Å². The van der Waals surface area contributed by atoms with Gasteiger partial charge in [-0.25, -0.2) is 0 Å². The number of rotatable bonds is 6. The molecule has 1 aliphatic heterocycles. The third-order valence-corrected chi connectivity index (χ3v) is 4.20. The highest BCUT2D eigenvalue weighted by molar-refractivity contribution is 7.71. The van der Waals surface area contributed by atoms with Crippen LogP contribution in [-0.4, -0.2) is 27.7 Å². The summed E-state index contributed by atoms with van der Waals surface area (Å²) in [7, 11) is 0. The van der Waals surface area contributed by atoms with Crippen molar-refractivity contribution < 1.29 is 14.6 Å². The van der Waals surface area contributed by atoms with E-state index in [1.54, 1.807) is 0 Å². The number of nitrogens with zero attached hydrogens (tertiary/aromatic N) is 2. The van der Waals surface area contributed by atoms with E-state index in [1.165, 1.54) is 10.8 Å². The van der Waals surface area contributed by atoms with Gasteiger partial charge >= 0.3 is 0 Å². The molecule has 0 bridgehead atoms. The second kappa shape index (κ2) is 7.52. The third kappa shape index (κ3) is 3.74. The van der Waals surface area contributed by atoms with Gasteiger partial charge in [0.15, 0.2) is 16.3 Å². The van der Waals surface area contributed by atoms with Crippen LogP contribution in [0, 0.1) is 4.77 Å². The lowest BCUT2D eigenvalue weighted by molar-refractivity contribution is 0.174. The summed E-state index contributed by atoms with van der Waals surface area (Å²) in [6, 6.07) is 5.54. The van der Waals surface area contributed by atoms with Crippen molar-refractivity contribution in [1.29, 1.82) is 0 Å². The van der Waals surface area contributed by atoms with Crippen LogP contribution in [0.1, 0.15) is 30.9 Å². The molecule has 0 unspecified atom stereocenters. The van der Waals surface area contributed by atoms with Gasteiger partial charge in [0.05, 0.1) is 6.54 Å². The van der Waals surface area contributed by atoms with E-state index in [-0.39, 0.29) is 23.0 Å². The Morgan fingerprint density at radius 3 is 3.00 bits per heavy atom. The largest absolute Gasteiger partial charge is 0.494 e. The van der Waals surface area contributed by atoms with Gasteiger partial charge in [-0.1, -0.05) is 19.4 Å². The predicted molar refractivity (Wildman–Crippen MR) is 96.3 cm³/mol. The zero-order valence-corrected chi connectivity index (χ0v) is 14.6. The van der Waals surface area contributed by atoms with Crippen molar-refractivity contribution in [2.75, 3.05) is 6.79 Å². The predicted octanol–water partition coefficient (Wildman–Crippen LogP) is 2.76. The number of fused-ring (bicyclic) bond motifs is 1. The maximum Gasteiger partial charge on any atom is 0.264 e. The van der Waals surface area contributed by atoms with E-state index in [2.05, 4.69) is 9.98 Å². The number of unbranched alkanes of at least 4 members (excludes halogenated alkanes) is 1. The van der Waals surface area contributed by atoms with Gasteiger partial charge in [-0.2, -0.15) is 0 Å². The zero-order valence-electron chi connectivity index (χ0n) is 13.8. The van der Waals surface area contributed by atoms with Crippen molar-refractivity contribution in [3.63, 3.8) is 0 Å². The highest BCUT2D eigenvalue weighted by Gasteiger charge is 2.13. The van der Waals surface area contributed by atoms with Crippen LogP contribution in [0.15, 0.2) is 28.0 Å². The van der Waals surface area contributed by atoms with Crippen LogP contribution in [-0.2, 0) is 13.1 Å². The lowest BCUT2D eigenvalue weighted by Gasteiger charge is -2.10. The van der Waals surface area contributed by atoms with Crippen molar-refractivity contribution >= 4 is 18.4 Å². The van der Waals surface area contributed by atoms with Gasteiger partial charge < -0.3 is 14.6 Å². The summed E-state index contributed by atoms with van der Waals surface area (Å²) >= 11 is 5.11. The fourth-order valence-corrected chi connectivity index (χ4v) is 2.77. The number of aliphatic imine (C=N–C) groups is 1. The molecule has 2 heterocycles. The Morgan fingerprint density at radius 1 is 1.40 bits per heavy atom. The highest BCUT2D eigenvalue weighted by Crippen LogP contribution is 2.32. The summed E-state index contributed by atoms with van der Waals surface area (Å²) in [6.07, 6.45) is 3.17. The van der Waals surface area contributed by atoms with Gasteiger partial charge in [0.2, 0.25) is 12.7 Å². The molecule has 0 spiro atoms. The first kappa shape index (κ1) is 17.2. The topological polar surface area (TPSA) is 88.8 Å². The van der Waals surface area contributed by atoms with Crippen molar-refractivity contribution in [2.24, 2.45) is 4.99 Å². The number of hydrogen-bond acceptors (Lipinski definition) is 6. The van der Waals surface area contributed by atoms with Crippen molar-refractivity contribution in [2.45, 2.75) is 32.9 Å². The average Bonchev–Trinajstić information content (AvgIpc) is 3.05. The normalized spacial score (nSPS) is 12.8. The van der Waals surface area contributed by atoms with Gasteiger partial charge in [-0.3, -0.25) is 19.3 Å². The van der Waals surface area contributed by atoms with E-state index in [4.69, 9.17) is 21.7 Å². The molecule has 1 aromatic heterocycles. The maximum atomic E-state index is 12.1. The number of aromatic hydroxyl groups is 1. The van der Waals surface area contributed by atoms with E-state index in [0.29, 0.717) is 24.6 Å². The van der Waals surface area contributed by atoms with Gasteiger partial charge in [-0.05, 0) is 36.3 Å². The minimum Gasteiger partial charge on any atom is -0.494 e. The Kier molecular flexibility index (Phi) is 5.18. The number of H-pyrrole nitrogens is 1. The molecule has 1 aliphatic rings. The minimum atomic E-state index is -0.454. The van der Waals surface area contributed by atoms with Gasteiger partial charge in [-0.15, -0.1) is 0 Å². The van der Waals surface area contributed by atoms with Crippen LogP contribution in [0.25, 0.3) is 0 Å². The van der Waals surface area contributed by atoms with E-state index < -0.39 is 5.56 Å². The van der Waals surface area contributed by atoms with Crippen molar-refractivity contribution in [1.82, 2.24) is 9.55 Å². The zero-order chi connectivity index (χ0) is 17.8. The van der Waals surface area contributed by atoms with Gasteiger partial charge in [0.25, 0.3) is 5.56 Å². The molecule has 8 heteroatoms. The Labute approximate surface area is 149 Å². The van der Waals surface area contributed by atoms with E-state index in [9.17, 15) is 9.90 Å². The third-order valence-electron chi connectivity index (χ3n) is 3.87. The van der Waals surface area contributed by atoms with E-state index in [1.807, 2.05) is 25.1 Å². The van der Waals surface area contributed by atoms with E-state index in [0.717, 1.165) is 18.4 Å². The molecule has 0 radical (unpaired) electrons. The summed E-state index contributed by atoms with van der Waals surface area (Å²) in [6.45, 7) is 3.15. The van der Waals surface area contributed by atoms with Crippen molar-refractivity contribution in [3.8, 4) is 17.4 Å². The van der Waals surface area contributed by atoms with Crippen LogP contribution in [0.2, 0.25) is 0 Å². The number of nitrogens with one attached hydrogen (secondary N) is 1. The quantitative estimate of drug-likeness (QED) is 0.610. The molecule has 0 atom stereocenters. The summed E-state index contributed by atoms with van der Waals surface area (Å²) in [5.74, 6) is 1.23. The molecule has 3 rings (SSSR count). The lowest BCUT2D eigenvalue weighted by atomic mass is 10.2. The molecule has 0 amide bonds. The van der Waals surface area contributed by atoms with Gasteiger partial charge in [0.1, 0.15) is 5.56 Å². The molecule has 1 aromatic carbocycles. The second-order valence-corrected chi connectivity index (χ2v) is 6.05. The summed E-state index contributed by atoms with van der Waals surface area (Å²) in [5, 5.41) is 10.3. The lowest BCUT2D eigenvalue weighted by Crippen LogP contribution is -2.19. The maximum absolute atomic E-state index is 12.1. The smallest absolute Gasteiger partial charge is 0.264 e. The van der Waals surface area contributed by atoms with Crippen LogP contribution >= 0.6 is 12.2 Å². The Hall–Kier alpha value is -2.61. The van der Waals surface area contributed by atoms with Gasteiger partial charge in [0, 0.05) is 12.8 Å². The first-order valence-corrected chi connectivity index (χ1v) is 8.45. The number of hydrogen-bond donors (Lipinski definition) is 2. The monoisotopic (exact) mass is 361 g/mol. The second-order valence-electron chi connectivity index (χ2n) is 5.66. The molecule has 132 valence electrons. The molecule has 0 fully saturated rings. The number of benzene rings is 1. The van der Waals surface area contributed by atoms with Crippen LogP contribution < -0.4 is 15.0 Å². The SMILES string of the molecule is CCCCn1c(O)c(C=NCc2ccc3c(c2)OCO3)c(=O)[nH]c1=S. The summed E-state index contributed by atoms with van der Waals surface area (Å²) < 4.78 is 12.3. The molecule has 7 nitrogen and oxygen atoms in total. The molecule has 0 saturated heterocycles. The fourth-order valence-electron chi connectivity index (χ4n) is 2.50. The first-order valence-electron chi connectivity index (χ1n) is 8.04. The molecule has 25 heavy (non-hydrogen) atoms. The highest BCUT2D eigenvalue weighted by atomic mass is 32.1. The summed E-state index contributed by atoms with van der Waals surface area (Å²) in [5.41, 5.74) is 0.560. The molecule has 0 saturated carbocycles. The summed E-state index contributed by atoms with van der Waals surface area (Å²) in [4.78, 5) is 18.9. The minimum absolute atomic E-state index is 0.102. The molecule has 2 aromatic rings. The van der Waals surface area contributed by atoms with Crippen LogP contribution in [0.5, 0.6) is 17.4 Å². The molecule has 2 N–H and O–H groups in total. The fraction of sp³-hybridized carbons (Fsp3) is 0.353. The molecular weight excluding hydrogens is 342 g/mol. The molecular formula is C17H19N3O4S. The van der Waals surface area contributed by atoms with Crippen LogP contribution in [0.3, 0.4) is 0 Å². The first-order chi connectivity index (χ1) is 12.1. The Bertz CT molecular complexity index is 917. The number of aromatic amines is 1. The Balaban J connectivity index is 1.81. The van der Waals surface area contributed by atoms with Crippen LogP contribution in [0.4, 0.5) is 0 Å². The number of ether oxygens (including phenoxy) is 2. The number of aromatic nitrogens is 2.